The van der Waals surface area contributed by atoms with Crippen molar-refractivity contribution in [3.05, 3.63) is 35.9 Å². The van der Waals surface area contributed by atoms with Gasteiger partial charge in [0.2, 0.25) is 0 Å². The molecule has 0 radical (unpaired) electrons. The Labute approximate surface area is 195 Å². The molecule has 1 heterocycles. The predicted octanol–water partition coefficient (Wildman–Crippen LogP) is 6.05. The lowest BCUT2D eigenvalue weighted by Gasteiger charge is -2.45. The summed E-state index contributed by atoms with van der Waals surface area (Å²) < 4.78 is 20.6. The molecule has 1 aliphatic rings. The van der Waals surface area contributed by atoms with Crippen LogP contribution in [0.4, 0.5) is 0 Å². The number of carbonyl (C=O) groups excluding carboxylic acids is 1. The third-order valence-electron chi connectivity index (χ3n) is 4.66. The molecule has 0 spiro atoms. The molecule has 1 unspecified atom stereocenters. The highest BCUT2D eigenvalue weighted by molar-refractivity contribution is 8.77. The van der Waals surface area contributed by atoms with E-state index in [0.29, 0.717) is 24.3 Å². The summed E-state index contributed by atoms with van der Waals surface area (Å²) in [5, 5.41) is 8.95. The average Bonchev–Trinajstić information content (AvgIpc) is 2.70. The maximum absolute atomic E-state index is 12.8. The predicted molar refractivity (Wildman–Crippen MR) is 130 cm³/mol. The first kappa shape index (κ1) is 26.4. The van der Waals surface area contributed by atoms with Gasteiger partial charge in [-0.15, -0.1) is 0 Å². The molecule has 0 amide bonds. The molecule has 0 aromatic heterocycles. The first-order valence-electron chi connectivity index (χ1n) is 10.5. The molecule has 2 rings (SSSR count). The monoisotopic (exact) mass is 484 g/mol. The van der Waals surface area contributed by atoms with Crippen LogP contribution in [0.5, 0.6) is 0 Å². The van der Waals surface area contributed by atoms with Crippen LogP contribution in [0.25, 0.3) is 0 Å². The van der Waals surface area contributed by atoms with Gasteiger partial charge in [-0.1, -0.05) is 39.8 Å². The van der Waals surface area contributed by atoms with Gasteiger partial charge >= 0.3 is 5.97 Å². The fraction of sp³-hybridized carbons (Fsp3) is 0.636. The summed E-state index contributed by atoms with van der Waals surface area (Å²) in [6, 6.07) is 11.6. The van der Waals surface area contributed by atoms with E-state index in [1.807, 2.05) is 18.2 Å². The van der Waals surface area contributed by atoms with Crippen LogP contribution in [0.3, 0.4) is 0 Å². The number of benzene rings is 1. The molecule has 31 heavy (non-hydrogen) atoms. The standard InChI is InChI=1S/C22H33N2O4PS2/c1-16(2)24(17(3)4)29(26-14-10-13-23)28-20-19(15-30-31-22(20,5)6)27-21(25)18-11-8-7-9-12-18/h7-9,11-12,16-17,19-20H,10,14-15H2,1-6H3/t19-,20+,29?/m0/s1. The second-order valence-corrected chi connectivity index (χ2v) is 12.8. The van der Waals surface area contributed by atoms with Gasteiger partial charge in [-0.25, -0.2) is 9.46 Å². The number of ether oxygens (including phenoxy) is 1. The highest BCUT2D eigenvalue weighted by Gasteiger charge is 2.46. The minimum absolute atomic E-state index is 0.201. The normalized spacial score (nSPS) is 21.8. The van der Waals surface area contributed by atoms with Crippen LogP contribution < -0.4 is 0 Å². The number of carbonyl (C=O) groups is 1. The second kappa shape index (κ2) is 12.4. The van der Waals surface area contributed by atoms with Crippen molar-refractivity contribution in [1.82, 2.24) is 4.67 Å². The summed E-state index contributed by atoms with van der Waals surface area (Å²) in [6.45, 7) is 12.9. The van der Waals surface area contributed by atoms with Crippen molar-refractivity contribution in [1.29, 1.82) is 5.26 Å². The molecule has 3 atom stereocenters. The molecule has 1 fully saturated rings. The molecular formula is C22H33N2O4PS2. The summed E-state index contributed by atoms with van der Waals surface area (Å²) in [7, 11) is 1.99. The highest BCUT2D eigenvalue weighted by Crippen LogP contribution is 2.54. The van der Waals surface area contributed by atoms with Crippen LogP contribution >= 0.6 is 30.1 Å². The van der Waals surface area contributed by atoms with Crippen LogP contribution in [0.15, 0.2) is 30.3 Å². The van der Waals surface area contributed by atoms with Gasteiger partial charge in [0.1, 0.15) is 12.2 Å². The van der Waals surface area contributed by atoms with Crippen molar-refractivity contribution in [2.24, 2.45) is 0 Å². The summed E-state index contributed by atoms with van der Waals surface area (Å²) in [4.78, 5) is 12.8. The zero-order chi connectivity index (χ0) is 23.0. The summed E-state index contributed by atoms with van der Waals surface area (Å²) in [6.07, 6.45) is -0.448. The van der Waals surface area contributed by atoms with E-state index in [1.54, 1.807) is 33.7 Å². The third kappa shape index (κ3) is 7.63. The smallest absolute Gasteiger partial charge is 0.338 e. The van der Waals surface area contributed by atoms with Gasteiger partial charge in [-0.3, -0.25) is 0 Å². The molecule has 6 nitrogen and oxygen atoms in total. The van der Waals surface area contributed by atoms with Gasteiger partial charge < -0.3 is 13.8 Å². The molecular weight excluding hydrogens is 451 g/mol. The van der Waals surface area contributed by atoms with E-state index in [2.05, 4.69) is 52.3 Å². The van der Waals surface area contributed by atoms with E-state index < -0.39 is 14.6 Å². The van der Waals surface area contributed by atoms with Crippen LogP contribution in [0, 0.1) is 11.3 Å². The van der Waals surface area contributed by atoms with Crippen molar-refractivity contribution >= 4 is 36.1 Å². The Kier molecular flexibility index (Phi) is 10.6. The van der Waals surface area contributed by atoms with Crippen LogP contribution in [0.1, 0.15) is 58.3 Å². The highest BCUT2D eigenvalue weighted by atomic mass is 33.1. The fourth-order valence-electron chi connectivity index (χ4n) is 3.30. The van der Waals surface area contributed by atoms with Gasteiger partial charge in [0, 0.05) is 17.8 Å². The van der Waals surface area contributed by atoms with Gasteiger partial charge in [-0.05, 0) is 53.7 Å². The lowest BCUT2D eigenvalue weighted by atomic mass is 10.0. The Morgan fingerprint density at radius 1 is 1.26 bits per heavy atom. The van der Waals surface area contributed by atoms with Gasteiger partial charge in [0.05, 0.1) is 29.4 Å². The summed E-state index contributed by atoms with van der Waals surface area (Å²) in [5.74, 6) is 0.295. The Bertz CT molecular complexity index is 735. The van der Waals surface area contributed by atoms with Crippen LogP contribution in [0.2, 0.25) is 0 Å². The second-order valence-electron chi connectivity index (χ2n) is 8.35. The molecule has 1 aliphatic heterocycles. The molecule has 0 aliphatic carbocycles. The Hall–Kier alpha value is -0.810. The molecule has 9 heteroatoms. The van der Waals surface area contributed by atoms with Crippen LogP contribution in [-0.2, 0) is 13.8 Å². The lowest BCUT2D eigenvalue weighted by molar-refractivity contribution is -0.0149. The van der Waals surface area contributed by atoms with Crippen molar-refractivity contribution in [3.63, 3.8) is 0 Å². The maximum Gasteiger partial charge on any atom is 0.338 e. The van der Waals surface area contributed by atoms with Gasteiger partial charge in [0.25, 0.3) is 8.53 Å². The first-order valence-corrected chi connectivity index (χ1v) is 13.9. The molecule has 1 aromatic rings. The number of rotatable bonds is 10. The minimum atomic E-state index is -1.43. The van der Waals surface area contributed by atoms with E-state index in [0.717, 1.165) is 0 Å². The molecule has 1 aromatic carbocycles. The Balaban J connectivity index is 2.25. The first-order chi connectivity index (χ1) is 14.7. The van der Waals surface area contributed by atoms with E-state index in [-0.39, 0.29) is 28.9 Å². The quantitative estimate of drug-likeness (QED) is 0.172. The summed E-state index contributed by atoms with van der Waals surface area (Å²) >= 11 is 0. The van der Waals surface area contributed by atoms with Crippen molar-refractivity contribution in [3.8, 4) is 6.07 Å². The zero-order valence-electron chi connectivity index (χ0n) is 19.1. The van der Waals surface area contributed by atoms with E-state index in [9.17, 15) is 4.79 Å². The van der Waals surface area contributed by atoms with E-state index in [1.165, 1.54) is 0 Å². The maximum atomic E-state index is 12.8. The van der Waals surface area contributed by atoms with E-state index >= 15 is 0 Å². The molecule has 0 bridgehead atoms. The zero-order valence-corrected chi connectivity index (χ0v) is 21.6. The fourth-order valence-corrected chi connectivity index (χ4v) is 8.11. The van der Waals surface area contributed by atoms with Gasteiger partial charge in [0.15, 0.2) is 0 Å². The molecule has 0 saturated carbocycles. The summed E-state index contributed by atoms with van der Waals surface area (Å²) in [5.41, 5.74) is 0.529. The average molecular weight is 485 g/mol. The van der Waals surface area contributed by atoms with Crippen molar-refractivity contribution in [2.75, 3.05) is 12.4 Å². The SMILES string of the molecule is CC(C)N(C(C)C)P(OCCC#N)O[C@@H]1[C@@H](OC(=O)c2ccccc2)CSSC1(C)C. The largest absolute Gasteiger partial charge is 0.455 e. The number of hydrogen-bond donors (Lipinski definition) is 0. The Morgan fingerprint density at radius 3 is 2.48 bits per heavy atom. The number of nitrogens with zero attached hydrogens (tertiary/aromatic N) is 2. The minimum Gasteiger partial charge on any atom is -0.455 e. The number of hydrogen-bond acceptors (Lipinski definition) is 8. The molecule has 172 valence electrons. The topological polar surface area (TPSA) is 71.8 Å². The molecule has 0 N–H and O–H groups in total. The molecule has 1 saturated heterocycles. The lowest BCUT2D eigenvalue weighted by Crippen LogP contribution is -2.50. The number of esters is 1. The van der Waals surface area contributed by atoms with Crippen molar-refractivity contribution < 1.29 is 18.6 Å². The van der Waals surface area contributed by atoms with Crippen LogP contribution in [-0.4, -0.2) is 52.0 Å². The van der Waals surface area contributed by atoms with Crippen molar-refractivity contribution in [2.45, 2.75) is 77.0 Å². The third-order valence-corrected chi connectivity index (χ3v) is 10.1. The van der Waals surface area contributed by atoms with Gasteiger partial charge in [-0.2, -0.15) is 5.26 Å². The van der Waals surface area contributed by atoms with E-state index in [4.69, 9.17) is 19.0 Å². The Morgan fingerprint density at radius 2 is 1.90 bits per heavy atom. The number of nitriles is 1.